The number of carbonyl (C=O) groups is 1. The van der Waals surface area contributed by atoms with Gasteiger partial charge in [0.2, 0.25) is 5.91 Å². The number of rotatable bonds is 3. The van der Waals surface area contributed by atoms with E-state index < -0.39 is 0 Å². The van der Waals surface area contributed by atoms with Crippen molar-refractivity contribution in [3.63, 3.8) is 0 Å². The molecule has 4 heteroatoms. The molecule has 2 rings (SSSR count). The van der Waals surface area contributed by atoms with Crippen molar-refractivity contribution >= 4 is 29.0 Å². The summed E-state index contributed by atoms with van der Waals surface area (Å²) in [5, 5.41) is 2.71. The molecule has 0 radical (unpaired) electrons. The highest BCUT2D eigenvalue weighted by atomic mass is 32.2. The molecule has 1 amide bonds. The molecule has 0 heterocycles. The van der Waals surface area contributed by atoms with Crippen LogP contribution in [-0.4, -0.2) is 5.91 Å². The minimum absolute atomic E-state index is 0.119. The summed E-state index contributed by atoms with van der Waals surface area (Å²) < 4.78 is 0. The summed E-state index contributed by atoms with van der Waals surface area (Å²) in [6.45, 7) is 5.68. The van der Waals surface area contributed by atoms with E-state index in [2.05, 4.69) is 37.4 Å². The van der Waals surface area contributed by atoms with Crippen molar-refractivity contribution in [2.45, 2.75) is 30.6 Å². The lowest BCUT2D eigenvalue weighted by atomic mass is 10.1. The van der Waals surface area contributed by atoms with Crippen molar-refractivity contribution in [1.82, 2.24) is 0 Å². The Hall–Kier alpha value is -1.94. The van der Waals surface area contributed by atoms with Crippen molar-refractivity contribution in [2.24, 2.45) is 0 Å². The smallest absolute Gasteiger partial charge is 0.221 e. The molecule has 3 N–H and O–H groups in total. The molecule has 20 heavy (non-hydrogen) atoms. The third-order valence-corrected chi connectivity index (χ3v) is 4.03. The lowest BCUT2D eigenvalue weighted by Crippen LogP contribution is -2.07. The van der Waals surface area contributed by atoms with Crippen LogP contribution in [0.3, 0.4) is 0 Å². The van der Waals surface area contributed by atoms with Crippen LogP contribution in [0.5, 0.6) is 0 Å². The fourth-order valence-electron chi connectivity index (χ4n) is 1.82. The summed E-state index contributed by atoms with van der Waals surface area (Å²) in [5.74, 6) is -0.119. The van der Waals surface area contributed by atoms with Gasteiger partial charge in [-0.1, -0.05) is 17.8 Å². The van der Waals surface area contributed by atoms with Crippen molar-refractivity contribution < 1.29 is 4.79 Å². The molecule has 0 bridgehead atoms. The van der Waals surface area contributed by atoms with Crippen LogP contribution in [0.15, 0.2) is 46.2 Å². The van der Waals surface area contributed by atoms with Gasteiger partial charge in [0.05, 0.1) is 11.4 Å². The zero-order valence-electron chi connectivity index (χ0n) is 11.9. The Morgan fingerprint density at radius 3 is 2.30 bits per heavy atom. The van der Waals surface area contributed by atoms with Crippen LogP contribution in [0.4, 0.5) is 11.4 Å². The second-order valence-corrected chi connectivity index (χ2v) is 5.93. The van der Waals surface area contributed by atoms with E-state index in [0.29, 0.717) is 11.4 Å². The van der Waals surface area contributed by atoms with Crippen LogP contribution in [0.25, 0.3) is 0 Å². The minimum atomic E-state index is -0.119. The molecule has 2 aromatic rings. The fraction of sp³-hybridized carbons (Fsp3) is 0.188. The zero-order chi connectivity index (χ0) is 14.7. The van der Waals surface area contributed by atoms with E-state index in [4.69, 9.17) is 5.73 Å². The van der Waals surface area contributed by atoms with Crippen molar-refractivity contribution in [3.05, 3.63) is 47.5 Å². The van der Waals surface area contributed by atoms with Crippen LogP contribution < -0.4 is 11.1 Å². The van der Waals surface area contributed by atoms with Gasteiger partial charge in [-0.05, 0) is 55.3 Å². The first-order valence-corrected chi connectivity index (χ1v) is 7.19. The second-order valence-electron chi connectivity index (χ2n) is 4.78. The van der Waals surface area contributed by atoms with Gasteiger partial charge in [-0.3, -0.25) is 4.79 Å². The monoisotopic (exact) mass is 286 g/mol. The Morgan fingerprint density at radius 1 is 1.05 bits per heavy atom. The van der Waals surface area contributed by atoms with Gasteiger partial charge in [0.15, 0.2) is 0 Å². The Morgan fingerprint density at radius 2 is 1.70 bits per heavy atom. The second kappa shape index (κ2) is 6.01. The molecule has 0 aromatic heterocycles. The molecule has 104 valence electrons. The summed E-state index contributed by atoms with van der Waals surface area (Å²) in [7, 11) is 0. The number of nitrogen functional groups attached to an aromatic ring is 1. The van der Waals surface area contributed by atoms with Gasteiger partial charge in [-0.15, -0.1) is 0 Å². The minimum Gasteiger partial charge on any atom is -0.397 e. The highest BCUT2D eigenvalue weighted by Gasteiger charge is 2.04. The van der Waals surface area contributed by atoms with Gasteiger partial charge >= 0.3 is 0 Å². The number of nitrogens with two attached hydrogens (primary N) is 1. The number of hydrogen-bond donors (Lipinski definition) is 2. The lowest BCUT2D eigenvalue weighted by Gasteiger charge is -2.09. The zero-order valence-corrected chi connectivity index (χ0v) is 12.7. The predicted octanol–water partition coefficient (Wildman–Crippen LogP) is 4.00. The number of amides is 1. The number of benzene rings is 2. The van der Waals surface area contributed by atoms with Crippen LogP contribution in [0, 0.1) is 13.8 Å². The van der Waals surface area contributed by atoms with E-state index in [0.717, 1.165) is 4.90 Å². The molecular formula is C16H18N2OS. The van der Waals surface area contributed by atoms with Crippen molar-refractivity contribution in [3.8, 4) is 0 Å². The van der Waals surface area contributed by atoms with Gasteiger partial charge in [0, 0.05) is 16.7 Å². The number of hydrogen-bond acceptors (Lipinski definition) is 3. The molecule has 0 saturated heterocycles. The van der Waals surface area contributed by atoms with E-state index in [1.54, 1.807) is 11.8 Å². The van der Waals surface area contributed by atoms with Gasteiger partial charge in [0.1, 0.15) is 0 Å². The van der Waals surface area contributed by atoms with Gasteiger partial charge in [0.25, 0.3) is 0 Å². The maximum absolute atomic E-state index is 11.0. The third-order valence-electron chi connectivity index (χ3n) is 3.05. The molecule has 3 nitrogen and oxygen atoms in total. The molecular weight excluding hydrogens is 268 g/mol. The summed E-state index contributed by atoms with van der Waals surface area (Å²) >= 11 is 1.66. The SMILES string of the molecule is CC(=O)Nc1ccc(Sc2ccc(C)c(C)c2)cc1N. The average molecular weight is 286 g/mol. The number of nitrogens with one attached hydrogen (secondary N) is 1. The van der Waals surface area contributed by atoms with Gasteiger partial charge in [-0.25, -0.2) is 0 Å². The quantitative estimate of drug-likeness (QED) is 0.839. The van der Waals surface area contributed by atoms with E-state index in [9.17, 15) is 4.79 Å². The molecule has 0 unspecified atom stereocenters. The van der Waals surface area contributed by atoms with E-state index in [1.165, 1.54) is 22.9 Å². The third kappa shape index (κ3) is 3.54. The molecule has 0 spiro atoms. The Bertz CT molecular complexity index is 653. The van der Waals surface area contributed by atoms with Crippen molar-refractivity contribution in [2.75, 3.05) is 11.1 Å². The van der Waals surface area contributed by atoms with E-state index in [1.807, 2.05) is 18.2 Å². The number of aryl methyl sites for hydroxylation is 2. The van der Waals surface area contributed by atoms with Crippen LogP contribution in [0.2, 0.25) is 0 Å². The maximum Gasteiger partial charge on any atom is 0.221 e. The molecule has 2 aromatic carbocycles. The summed E-state index contributed by atoms with van der Waals surface area (Å²) in [6, 6.07) is 12.1. The van der Waals surface area contributed by atoms with Crippen LogP contribution in [-0.2, 0) is 4.79 Å². The summed E-state index contributed by atoms with van der Waals surface area (Å²) in [5.41, 5.74) is 9.74. The average Bonchev–Trinajstić information content (AvgIpc) is 2.37. The first-order chi connectivity index (χ1) is 9.45. The highest BCUT2D eigenvalue weighted by molar-refractivity contribution is 7.99. The fourth-order valence-corrected chi connectivity index (χ4v) is 2.79. The Labute approximate surface area is 123 Å². The topological polar surface area (TPSA) is 55.1 Å². The van der Waals surface area contributed by atoms with E-state index >= 15 is 0 Å². The molecule has 0 aliphatic heterocycles. The number of carbonyl (C=O) groups excluding carboxylic acids is 1. The standard InChI is InChI=1S/C16H18N2OS/c1-10-4-5-13(8-11(10)2)20-14-6-7-16(15(17)9-14)18-12(3)19/h4-9H,17H2,1-3H3,(H,18,19). The molecule has 0 fully saturated rings. The van der Waals surface area contributed by atoms with Gasteiger partial charge in [-0.2, -0.15) is 0 Å². The maximum atomic E-state index is 11.0. The summed E-state index contributed by atoms with van der Waals surface area (Å²) in [4.78, 5) is 13.3. The number of anilines is 2. The Balaban J connectivity index is 2.19. The molecule has 0 aliphatic carbocycles. The molecule has 0 saturated carbocycles. The van der Waals surface area contributed by atoms with Crippen LogP contribution in [0.1, 0.15) is 18.1 Å². The van der Waals surface area contributed by atoms with E-state index in [-0.39, 0.29) is 5.91 Å². The van der Waals surface area contributed by atoms with Gasteiger partial charge < -0.3 is 11.1 Å². The predicted molar refractivity (Wildman–Crippen MR) is 85.2 cm³/mol. The van der Waals surface area contributed by atoms with Crippen molar-refractivity contribution in [1.29, 1.82) is 0 Å². The first-order valence-electron chi connectivity index (χ1n) is 6.38. The van der Waals surface area contributed by atoms with Crippen LogP contribution >= 0.6 is 11.8 Å². The summed E-state index contributed by atoms with van der Waals surface area (Å²) in [6.07, 6.45) is 0. The molecule has 0 aliphatic rings. The first kappa shape index (κ1) is 14.5. The normalized spacial score (nSPS) is 10.3. The lowest BCUT2D eigenvalue weighted by molar-refractivity contribution is -0.114. The molecule has 0 atom stereocenters. The largest absolute Gasteiger partial charge is 0.397 e. The highest BCUT2D eigenvalue weighted by Crippen LogP contribution is 2.32. The Kier molecular flexibility index (Phi) is 4.35.